The number of imide groups is 1. The Kier molecular flexibility index (Phi) is 8.60. The highest BCUT2D eigenvalue weighted by atomic mass is 16.5. The number of rotatable bonds is 5. The number of anilines is 1. The molecule has 10 heteroatoms. The number of hydrogen-bond acceptors (Lipinski definition) is 7. The number of benzene rings is 1. The summed E-state index contributed by atoms with van der Waals surface area (Å²) in [5.74, 6) is -1.07. The third kappa shape index (κ3) is 5.93. The van der Waals surface area contributed by atoms with Gasteiger partial charge in [0, 0.05) is 19.2 Å². The maximum atomic E-state index is 13.1. The van der Waals surface area contributed by atoms with Crippen molar-refractivity contribution in [3.05, 3.63) is 29.8 Å². The molecule has 30 heavy (non-hydrogen) atoms. The van der Waals surface area contributed by atoms with Crippen LogP contribution in [-0.2, 0) is 23.8 Å². The Morgan fingerprint density at radius 2 is 1.83 bits per heavy atom. The molecule has 1 N–H and O–H groups in total. The lowest BCUT2D eigenvalue weighted by Gasteiger charge is -2.26. The van der Waals surface area contributed by atoms with Crippen LogP contribution in [0.5, 0.6) is 0 Å². The fraction of sp³-hybridized carbons (Fsp3) is 0.500. The average Bonchev–Trinajstić information content (AvgIpc) is 2.76. The second kappa shape index (κ2) is 11.1. The van der Waals surface area contributed by atoms with Crippen molar-refractivity contribution in [2.75, 3.05) is 44.9 Å². The normalized spacial score (nSPS) is 16.6. The summed E-state index contributed by atoms with van der Waals surface area (Å²) in [6.07, 6.45) is -0.955. The highest BCUT2D eigenvalue weighted by Gasteiger charge is 2.31. The van der Waals surface area contributed by atoms with E-state index in [0.717, 1.165) is 0 Å². The van der Waals surface area contributed by atoms with E-state index in [1.165, 1.54) is 16.9 Å². The fourth-order valence-electron chi connectivity index (χ4n) is 3.16. The van der Waals surface area contributed by atoms with Gasteiger partial charge in [-0.25, -0.2) is 14.9 Å². The molecule has 10 nitrogen and oxygen atoms in total. The molecule has 0 fully saturated rings. The first-order valence-electron chi connectivity index (χ1n) is 9.71. The van der Waals surface area contributed by atoms with Gasteiger partial charge in [-0.15, -0.1) is 0 Å². The van der Waals surface area contributed by atoms with Gasteiger partial charge in [-0.1, -0.05) is 18.2 Å². The van der Waals surface area contributed by atoms with Crippen LogP contribution in [0.15, 0.2) is 24.3 Å². The van der Waals surface area contributed by atoms with Crippen LogP contribution in [0.2, 0.25) is 0 Å². The highest BCUT2D eigenvalue weighted by molar-refractivity contribution is 6.01. The summed E-state index contributed by atoms with van der Waals surface area (Å²) in [5, 5.41) is 2.09. The maximum absolute atomic E-state index is 13.1. The topological polar surface area (TPSA) is 114 Å². The molecule has 1 aliphatic rings. The molecule has 1 heterocycles. The van der Waals surface area contributed by atoms with Crippen LogP contribution in [-0.4, -0.2) is 68.9 Å². The van der Waals surface area contributed by atoms with E-state index in [-0.39, 0.29) is 32.8 Å². The summed E-state index contributed by atoms with van der Waals surface area (Å²) in [4.78, 5) is 51.8. The fourth-order valence-corrected chi connectivity index (χ4v) is 3.16. The smallest absolute Gasteiger partial charge is 0.415 e. The van der Waals surface area contributed by atoms with E-state index in [4.69, 9.17) is 14.2 Å². The zero-order valence-corrected chi connectivity index (χ0v) is 17.4. The van der Waals surface area contributed by atoms with Gasteiger partial charge < -0.3 is 19.1 Å². The Bertz CT molecular complexity index is 783. The number of nitrogens with one attached hydrogen (secondary N) is 1. The summed E-state index contributed by atoms with van der Waals surface area (Å²) in [5.41, 5.74) is 1.22. The first kappa shape index (κ1) is 23.1. The number of hydrogen-bond donors (Lipinski definition) is 1. The molecule has 0 aliphatic carbocycles. The molecule has 0 saturated heterocycles. The first-order chi connectivity index (χ1) is 14.4. The highest BCUT2D eigenvalue weighted by Crippen LogP contribution is 2.32. The van der Waals surface area contributed by atoms with Crippen molar-refractivity contribution < 1.29 is 33.4 Å². The van der Waals surface area contributed by atoms with Crippen molar-refractivity contribution >= 4 is 29.7 Å². The molecule has 2 rings (SSSR count). The summed E-state index contributed by atoms with van der Waals surface area (Å²) in [6, 6.07) is 6.32. The number of alkyl carbamates (subject to hydrolysis) is 1. The molecule has 1 aromatic rings. The van der Waals surface area contributed by atoms with E-state index >= 15 is 0 Å². The number of amides is 4. The van der Waals surface area contributed by atoms with Crippen molar-refractivity contribution in [1.29, 1.82) is 0 Å². The molecular weight excluding hydrogens is 394 g/mol. The summed E-state index contributed by atoms with van der Waals surface area (Å²) >= 11 is 0. The second-order valence-corrected chi connectivity index (χ2v) is 6.43. The molecule has 164 valence electrons. The van der Waals surface area contributed by atoms with E-state index in [0.29, 0.717) is 17.7 Å². The van der Waals surface area contributed by atoms with Crippen LogP contribution >= 0.6 is 0 Å². The van der Waals surface area contributed by atoms with Gasteiger partial charge in [0.1, 0.15) is 13.1 Å². The third-order valence-corrected chi connectivity index (χ3v) is 4.51. The molecule has 1 aliphatic heterocycles. The minimum atomic E-state index is -0.898. The number of carbonyl (C=O) groups excluding carboxylic acids is 4. The van der Waals surface area contributed by atoms with E-state index in [9.17, 15) is 19.2 Å². The minimum absolute atomic E-state index is 0.104. The van der Waals surface area contributed by atoms with Crippen molar-refractivity contribution in [2.45, 2.75) is 26.4 Å². The monoisotopic (exact) mass is 421 g/mol. The predicted molar refractivity (Wildman–Crippen MR) is 107 cm³/mol. The molecular formula is C20H27N3O7. The Morgan fingerprint density at radius 3 is 2.50 bits per heavy atom. The van der Waals surface area contributed by atoms with E-state index in [1.54, 1.807) is 32.0 Å². The number of para-hydroxylation sites is 1. The van der Waals surface area contributed by atoms with Crippen LogP contribution in [0, 0.1) is 0 Å². The molecule has 1 unspecified atom stereocenters. The Balaban J connectivity index is 2.36. The quantitative estimate of drug-likeness (QED) is 0.722. The number of fused-ring (bicyclic) bond motifs is 1. The molecule has 0 aromatic heterocycles. The number of nitrogens with zero attached hydrogens (tertiary/aromatic N) is 2. The summed E-state index contributed by atoms with van der Waals surface area (Å²) < 4.78 is 15.3. The van der Waals surface area contributed by atoms with E-state index in [2.05, 4.69) is 5.32 Å². The Morgan fingerprint density at radius 1 is 1.13 bits per heavy atom. The van der Waals surface area contributed by atoms with Gasteiger partial charge in [-0.2, -0.15) is 0 Å². The van der Waals surface area contributed by atoms with Crippen LogP contribution in [0.1, 0.15) is 31.9 Å². The van der Waals surface area contributed by atoms with Crippen molar-refractivity contribution in [2.24, 2.45) is 0 Å². The van der Waals surface area contributed by atoms with Gasteiger partial charge >= 0.3 is 18.1 Å². The number of urea groups is 1. The predicted octanol–water partition coefficient (Wildman–Crippen LogP) is 1.84. The Hall–Kier alpha value is -3.14. The number of carbonyl (C=O) groups is 4. The number of methoxy groups -OCH3 is 1. The van der Waals surface area contributed by atoms with Gasteiger partial charge in [0.2, 0.25) is 5.91 Å². The average molecular weight is 421 g/mol. The van der Waals surface area contributed by atoms with Crippen LogP contribution in [0.25, 0.3) is 0 Å². The zero-order valence-electron chi connectivity index (χ0n) is 17.4. The SMILES string of the molecule is CCOC(=O)CN1C(=O)CN(C(=O)NC(=O)OCC)CCC(OC)c2ccccc21. The molecule has 4 amide bonds. The molecule has 1 aromatic carbocycles. The lowest BCUT2D eigenvalue weighted by molar-refractivity contribution is -0.142. The van der Waals surface area contributed by atoms with Crippen LogP contribution in [0.4, 0.5) is 15.3 Å². The lowest BCUT2D eigenvalue weighted by atomic mass is 10.0. The van der Waals surface area contributed by atoms with Gasteiger partial charge in [-0.3, -0.25) is 14.5 Å². The molecule has 0 radical (unpaired) electrons. The van der Waals surface area contributed by atoms with Gasteiger partial charge in [0.05, 0.1) is 25.0 Å². The maximum Gasteiger partial charge on any atom is 0.415 e. The summed E-state index contributed by atoms with van der Waals surface area (Å²) in [7, 11) is 1.53. The number of esters is 1. The van der Waals surface area contributed by atoms with Gasteiger partial charge in [-0.05, 0) is 26.3 Å². The van der Waals surface area contributed by atoms with E-state index < -0.39 is 30.1 Å². The Labute approximate surface area is 175 Å². The first-order valence-corrected chi connectivity index (χ1v) is 9.71. The lowest BCUT2D eigenvalue weighted by Crippen LogP contribution is -2.49. The van der Waals surface area contributed by atoms with Crippen LogP contribution in [0.3, 0.4) is 0 Å². The number of ether oxygens (including phenoxy) is 3. The largest absolute Gasteiger partial charge is 0.465 e. The zero-order chi connectivity index (χ0) is 22.1. The molecule has 0 bridgehead atoms. The molecule has 0 saturated carbocycles. The minimum Gasteiger partial charge on any atom is -0.465 e. The second-order valence-electron chi connectivity index (χ2n) is 6.43. The third-order valence-electron chi connectivity index (χ3n) is 4.51. The van der Waals surface area contributed by atoms with Crippen molar-refractivity contribution in [1.82, 2.24) is 10.2 Å². The van der Waals surface area contributed by atoms with Crippen molar-refractivity contribution in [3.8, 4) is 0 Å². The van der Waals surface area contributed by atoms with Gasteiger partial charge in [0.15, 0.2) is 0 Å². The van der Waals surface area contributed by atoms with Crippen molar-refractivity contribution in [3.63, 3.8) is 0 Å². The summed E-state index contributed by atoms with van der Waals surface area (Å²) in [6.45, 7) is 3.07. The molecule has 0 spiro atoms. The standard InChI is InChI=1S/C20H27N3O7/c1-4-29-18(25)13-23-15-9-7-6-8-14(15)16(28-3)10-11-22(12-17(23)24)19(26)21-20(27)30-5-2/h6-9,16H,4-5,10-13H2,1-3H3,(H,21,26,27). The van der Waals surface area contributed by atoms with E-state index in [1.807, 2.05) is 6.07 Å². The van der Waals surface area contributed by atoms with Crippen LogP contribution < -0.4 is 10.2 Å². The molecule has 1 atom stereocenters. The van der Waals surface area contributed by atoms with Gasteiger partial charge in [0.25, 0.3) is 0 Å².